The third-order valence-electron chi connectivity index (χ3n) is 1.95. The molecular formula is C10H16N2O3S. The van der Waals surface area contributed by atoms with E-state index >= 15 is 0 Å². The lowest BCUT2D eigenvalue weighted by molar-refractivity contribution is 0.185. The Hall–Kier alpha value is -1.11. The van der Waals surface area contributed by atoms with E-state index in [1.807, 2.05) is 24.3 Å². The van der Waals surface area contributed by atoms with Crippen molar-refractivity contribution in [2.75, 3.05) is 24.7 Å². The van der Waals surface area contributed by atoms with Crippen LogP contribution in [0, 0.1) is 0 Å². The van der Waals surface area contributed by atoms with Crippen LogP contribution in [0.5, 0.6) is 0 Å². The lowest BCUT2D eigenvalue weighted by Gasteiger charge is -2.07. The molecule has 1 rings (SSSR count). The van der Waals surface area contributed by atoms with Crippen LogP contribution in [0.15, 0.2) is 24.3 Å². The van der Waals surface area contributed by atoms with E-state index in [2.05, 4.69) is 5.32 Å². The molecule has 0 saturated carbocycles. The molecule has 0 bridgehead atoms. The van der Waals surface area contributed by atoms with Crippen LogP contribution >= 0.6 is 0 Å². The zero-order valence-corrected chi connectivity index (χ0v) is 9.96. The van der Waals surface area contributed by atoms with Crippen LogP contribution in [-0.2, 0) is 21.4 Å². The van der Waals surface area contributed by atoms with Crippen molar-refractivity contribution in [1.82, 2.24) is 0 Å². The fraction of sp³-hybridized carbons (Fsp3) is 0.400. The Balaban J connectivity index is 2.51. The molecule has 0 atom stereocenters. The van der Waals surface area contributed by atoms with Crippen molar-refractivity contribution in [1.29, 1.82) is 0 Å². The van der Waals surface area contributed by atoms with E-state index < -0.39 is 10.0 Å². The van der Waals surface area contributed by atoms with Crippen molar-refractivity contribution in [2.24, 2.45) is 5.14 Å². The first-order chi connectivity index (χ1) is 7.51. The standard InChI is InChI=1S/C10H16N2O3S/c1-15-8-9-3-2-4-10(7-9)12-5-6-16(11,13)14/h2-4,7,12H,5-6,8H2,1H3,(H2,11,13,14). The normalized spacial score (nSPS) is 11.4. The molecule has 0 aliphatic rings. The van der Waals surface area contributed by atoms with E-state index in [1.54, 1.807) is 7.11 Å². The van der Waals surface area contributed by atoms with Gasteiger partial charge < -0.3 is 10.1 Å². The largest absolute Gasteiger partial charge is 0.384 e. The van der Waals surface area contributed by atoms with Gasteiger partial charge in [-0.3, -0.25) is 0 Å². The average molecular weight is 244 g/mol. The Morgan fingerprint density at radius 3 is 2.81 bits per heavy atom. The second-order valence-corrected chi connectivity index (χ2v) is 5.16. The summed E-state index contributed by atoms with van der Waals surface area (Å²) >= 11 is 0. The summed E-state index contributed by atoms with van der Waals surface area (Å²) in [7, 11) is -1.78. The van der Waals surface area contributed by atoms with Gasteiger partial charge in [-0.1, -0.05) is 12.1 Å². The molecule has 0 heterocycles. The summed E-state index contributed by atoms with van der Waals surface area (Å²) in [5.74, 6) is -0.0818. The Morgan fingerprint density at radius 2 is 2.19 bits per heavy atom. The third-order valence-corrected chi connectivity index (χ3v) is 2.73. The van der Waals surface area contributed by atoms with E-state index in [9.17, 15) is 8.42 Å². The van der Waals surface area contributed by atoms with Gasteiger partial charge in [0.05, 0.1) is 12.4 Å². The molecule has 0 fully saturated rings. The molecule has 0 spiro atoms. The summed E-state index contributed by atoms with van der Waals surface area (Å²) < 4.78 is 26.4. The molecule has 0 radical (unpaired) electrons. The van der Waals surface area contributed by atoms with Gasteiger partial charge in [-0.2, -0.15) is 0 Å². The quantitative estimate of drug-likeness (QED) is 0.765. The lowest BCUT2D eigenvalue weighted by Crippen LogP contribution is -2.22. The van der Waals surface area contributed by atoms with E-state index in [0.717, 1.165) is 11.3 Å². The number of benzene rings is 1. The van der Waals surface area contributed by atoms with Crippen LogP contribution in [0.4, 0.5) is 5.69 Å². The van der Waals surface area contributed by atoms with E-state index in [-0.39, 0.29) is 5.75 Å². The van der Waals surface area contributed by atoms with Crippen LogP contribution < -0.4 is 10.5 Å². The Labute approximate surface area is 95.7 Å². The molecule has 3 N–H and O–H groups in total. The third kappa shape index (κ3) is 5.11. The summed E-state index contributed by atoms with van der Waals surface area (Å²) in [5, 5.41) is 7.87. The minimum absolute atomic E-state index is 0.0818. The molecule has 0 aliphatic heterocycles. The van der Waals surface area contributed by atoms with Gasteiger partial charge in [-0.05, 0) is 17.7 Å². The minimum atomic E-state index is -3.40. The van der Waals surface area contributed by atoms with E-state index in [1.165, 1.54) is 0 Å². The van der Waals surface area contributed by atoms with E-state index in [0.29, 0.717) is 13.2 Å². The molecular weight excluding hydrogens is 228 g/mol. The van der Waals surface area contributed by atoms with Crippen molar-refractivity contribution in [2.45, 2.75) is 6.61 Å². The highest BCUT2D eigenvalue weighted by molar-refractivity contribution is 7.89. The molecule has 0 saturated heterocycles. The highest BCUT2D eigenvalue weighted by Crippen LogP contribution is 2.10. The molecule has 1 aromatic rings. The van der Waals surface area contributed by atoms with Gasteiger partial charge in [0.2, 0.25) is 10.0 Å². The monoisotopic (exact) mass is 244 g/mol. The summed E-state index contributed by atoms with van der Waals surface area (Å²) in [6.07, 6.45) is 0. The zero-order valence-electron chi connectivity index (χ0n) is 9.14. The van der Waals surface area contributed by atoms with Gasteiger partial charge in [0, 0.05) is 19.3 Å². The van der Waals surface area contributed by atoms with Crippen LogP contribution in [0.1, 0.15) is 5.56 Å². The van der Waals surface area contributed by atoms with Gasteiger partial charge in [0.15, 0.2) is 0 Å². The predicted molar refractivity (Wildman–Crippen MR) is 63.6 cm³/mol. The number of nitrogens with one attached hydrogen (secondary N) is 1. The van der Waals surface area contributed by atoms with Gasteiger partial charge >= 0.3 is 0 Å². The maximum atomic E-state index is 10.7. The number of rotatable bonds is 6. The summed E-state index contributed by atoms with van der Waals surface area (Å²) in [6, 6.07) is 7.59. The van der Waals surface area contributed by atoms with Crippen LogP contribution in [0.25, 0.3) is 0 Å². The Morgan fingerprint density at radius 1 is 1.44 bits per heavy atom. The van der Waals surface area contributed by atoms with Crippen molar-refractivity contribution < 1.29 is 13.2 Å². The number of hydrogen-bond donors (Lipinski definition) is 2. The first-order valence-corrected chi connectivity index (χ1v) is 6.55. The SMILES string of the molecule is COCc1cccc(NCCS(N)(=O)=O)c1. The maximum Gasteiger partial charge on any atom is 0.210 e. The number of anilines is 1. The molecule has 0 amide bonds. The average Bonchev–Trinajstić information content (AvgIpc) is 2.17. The van der Waals surface area contributed by atoms with Crippen molar-refractivity contribution >= 4 is 15.7 Å². The smallest absolute Gasteiger partial charge is 0.210 e. The zero-order chi connectivity index (χ0) is 12.0. The molecule has 16 heavy (non-hydrogen) atoms. The number of sulfonamides is 1. The maximum absolute atomic E-state index is 10.7. The number of ether oxygens (including phenoxy) is 1. The highest BCUT2D eigenvalue weighted by Gasteiger charge is 2.01. The summed E-state index contributed by atoms with van der Waals surface area (Å²) in [6.45, 7) is 0.833. The van der Waals surface area contributed by atoms with E-state index in [4.69, 9.17) is 9.88 Å². The van der Waals surface area contributed by atoms with Gasteiger partial charge in [-0.15, -0.1) is 0 Å². The molecule has 0 aliphatic carbocycles. The number of nitrogens with two attached hydrogens (primary N) is 1. The lowest BCUT2D eigenvalue weighted by atomic mass is 10.2. The summed E-state index contributed by atoms with van der Waals surface area (Å²) in [4.78, 5) is 0. The molecule has 90 valence electrons. The van der Waals surface area contributed by atoms with Crippen molar-refractivity contribution in [3.63, 3.8) is 0 Å². The first-order valence-electron chi connectivity index (χ1n) is 4.83. The first kappa shape index (κ1) is 13.0. The number of hydrogen-bond acceptors (Lipinski definition) is 4. The summed E-state index contributed by atoms with van der Waals surface area (Å²) in [5.41, 5.74) is 1.89. The van der Waals surface area contributed by atoms with Gasteiger partial charge in [0.25, 0.3) is 0 Å². The minimum Gasteiger partial charge on any atom is -0.384 e. The number of methoxy groups -OCH3 is 1. The highest BCUT2D eigenvalue weighted by atomic mass is 32.2. The fourth-order valence-electron chi connectivity index (χ4n) is 1.28. The molecule has 0 unspecified atom stereocenters. The second-order valence-electron chi connectivity index (χ2n) is 3.43. The van der Waals surface area contributed by atoms with Crippen LogP contribution in [0.3, 0.4) is 0 Å². The predicted octanol–water partition coefficient (Wildman–Crippen LogP) is 0.533. The second kappa shape index (κ2) is 5.83. The van der Waals surface area contributed by atoms with Crippen LogP contribution in [0.2, 0.25) is 0 Å². The van der Waals surface area contributed by atoms with Crippen molar-refractivity contribution in [3.8, 4) is 0 Å². The molecule has 1 aromatic carbocycles. The number of primary sulfonamides is 1. The fourth-order valence-corrected chi connectivity index (χ4v) is 1.66. The molecule has 0 aromatic heterocycles. The molecule has 5 nitrogen and oxygen atoms in total. The Bertz CT molecular complexity index is 431. The van der Waals surface area contributed by atoms with Gasteiger partial charge in [-0.25, -0.2) is 13.6 Å². The van der Waals surface area contributed by atoms with Crippen LogP contribution in [-0.4, -0.2) is 27.8 Å². The molecule has 6 heteroatoms. The topological polar surface area (TPSA) is 81.4 Å². The Kier molecular flexibility index (Phi) is 4.72. The van der Waals surface area contributed by atoms with Gasteiger partial charge in [0.1, 0.15) is 0 Å². The van der Waals surface area contributed by atoms with Crippen molar-refractivity contribution in [3.05, 3.63) is 29.8 Å².